The molecule has 0 radical (unpaired) electrons. The zero-order chi connectivity index (χ0) is 29.6. The summed E-state index contributed by atoms with van der Waals surface area (Å²) in [5.74, 6) is 0.378. The highest BCUT2D eigenvalue weighted by atomic mass is 35.5. The van der Waals surface area contributed by atoms with Gasteiger partial charge in [0.1, 0.15) is 11.8 Å². The average molecular weight is 585 g/mol. The highest BCUT2D eigenvalue weighted by Gasteiger charge is 2.66. The van der Waals surface area contributed by atoms with Gasteiger partial charge in [-0.05, 0) is 42.0 Å². The molecule has 41 heavy (non-hydrogen) atoms. The molecule has 0 spiro atoms. The molecule has 1 atom stereocenters. The van der Waals surface area contributed by atoms with Crippen LogP contribution >= 0.6 is 11.6 Å². The standard InChI is InChI=1S/C28H28ClF3N8O/c1-26(2,3)15-36-23-17(11-33)13-35-25-19(23)9-18(10-20(25)29)37-24(16-5-6-22(41-4)34-12-16)21-14-40(39-38-21)27(7-8-27)28(30,31)32/h5-6,9-10,12-14,24,37H,7-8,15H2,1-4H3,(H,35,36). The van der Waals surface area contributed by atoms with Crippen LogP contribution < -0.4 is 15.4 Å². The largest absolute Gasteiger partial charge is 0.481 e. The lowest BCUT2D eigenvalue weighted by Crippen LogP contribution is -2.35. The quantitative estimate of drug-likeness (QED) is 0.242. The molecule has 1 unspecified atom stereocenters. The van der Waals surface area contributed by atoms with Crippen molar-refractivity contribution in [1.29, 1.82) is 5.26 Å². The molecule has 1 aliphatic carbocycles. The maximum Gasteiger partial charge on any atom is 0.413 e. The summed E-state index contributed by atoms with van der Waals surface area (Å²) in [6.07, 6.45) is -0.209. The third kappa shape index (κ3) is 5.59. The van der Waals surface area contributed by atoms with E-state index in [9.17, 15) is 18.4 Å². The molecule has 5 rings (SSSR count). The molecular weight excluding hydrogens is 557 g/mol. The summed E-state index contributed by atoms with van der Waals surface area (Å²) in [4.78, 5) is 8.66. The fourth-order valence-electron chi connectivity index (χ4n) is 4.53. The predicted molar refractivity (Wildman–Crippen MR) is 149 cm³/mol. The van der Waals surface area contributed by atoms with Gasteiger partial charge in [-0.15, -0.1) is 5.10 Å². The van der Waals surface area contributed by atoms with Crippen molar-refractivity contribution >= 4 is 33.9 Å². The van der Waals surface area contributed by atoms with Crippen LogP contribution in [0.1, 0.15) is 56.5 Å². The Morgan fingerprint density at radius 3 is 2.51 bits per heavy atom. The minimum Gasteiger partial charge on any atom is -0.481 e. The lowest BCUT2D eigenvalue weighted by Gasteiger charge is -2.22. The second-order valence-corrected chi connectivity index (χ2v) is 11.7. The van der Waals surface area contributed by atoms with E-state index in [1.54, 1.807) is 30.5 Å². The molecule has 3 heterocycles. The molecule has 1 fully saturated rings. The normalized spacial score (nSPS) is 15.3. The summed E-state index contributed by atoms with van der Waals surface area (Å²) >= 11 is 6.66. The molecule has 1 aliphatic rings. The fraction of sp³-hybridized carbons (Fsp3) is 0.393. The first-order chi connectivity index (χ1) is 19.3. The van der Waals surface area contributed by atoms with Crippen molar-refractivity contribution in [2.24, 2.45) is 5.41 Å². The summed E-state index contributed by atoms with van der Waals surface area (Å²) in [6, 6.07) is 8.30. The van der Waals surface area contributed by atoms with Gasteiger partial charge in [0.05, 0.1) is 41.1 Å². The van der Waals surface area contributed by atoms with Crippen molar-refractivity contribution in [2.75, 3.05) is 24.3 Å². The number of rotatable bonds is 8. The van der Waals surface area contributed by atoms with Gasteiger partial charge < -0.3 is 15.4 Å². The third-order valence-electron chi connectivity index (χ3n) is 6.95. The Hall–Kier alpha value is -4.11. The molecule has 1 saturated carbocycles. The Bertz CT molecular complexity index is 1620. The van der Waals surface area contributed by atoms with Crippen LogP contribution in [-0.2, 0) is 5.54 Å². The van der Waals surface area contributed by atoms with E-state index in [-0.39, 0.29) is 24.0 Å². The number of pyridine rings is 2. The van der Waals surface area contributed by atoms with Gasteiger partial charge in [0.15, 0.2) is 5.54 Å². The van der Waals surface area contributed by atoms with Gasteiger partial charge in [-0.1, -0.05) is 37.6 Å². The molecule has 214 valence electrons. The lowest BCUT2D eigenvalue weighted by molar-refractivity contribution is -0.182. The second-order valence-electron chi connectivity index (χ2n) is 11.3. The van der Waals surface area contributed by atoms with Gasteiger partial charge in [0, 0.05) is 36.1 Å². The maximum atomic E-state index is 13.8. The van der Waals surface area contributed by atoms with E-state index >= 15 is 0 Å². The van der Waals surface area contributed by atoms with Crippen molar-refractivity contribution in [3.05, 3.63) is 64.7 Å². The molecule has 9 nitrogen and oxygen atoms in total. The Labute approximate surface area is 239 Å². The van der Waals surface area contributed by atoms with Crippen LogP contribution in [0.4, 0.5) is 24.5 Å². The van der Waals surface area contributed by atoms with Crippen LogP contribution in [0.25, 0.3) is 10.9 Å². The van der Waals surface area contributed by atoms with E-state index in [0.717, 1.165) is 4.68 Å². The summed E-state index contributed by atoms with van der Waals surface area (Å²) in [5, 5.41) is 25.4. The number of anilines is 2. The molecule has 0 amide bonds. The molecule has 13 heteroatoms. The maximum absolute atomic E-state index is 13.8. The number of benzene rings is 1. The minimum absolute atomic E-state index is 0.0552. The third-order valence-corrected chi connectivity index (χ3v) is 7.24. The van der Waals surface area contributed by atoms with E-state index in [1.165, 1.54) is 19.5 Å². The Morgan fingerprint density at radius 2 is 1.93 bits per heavy atom. The number of hydrogen-bond acceptors (Lipinski definition) is 8. The van der Waals surface area contributed by atoms with Crippen LogP contribution in [0, 0.1) is 16.7 Å². The average Bonchev–Trinajstić information content (AvgIpc) is 3.61. The number of aromatic nitrogens is 5. The number of fused-ring (bicyclic) bond motifs is 1. The summed E-state index contributed by atoms with van der Waals surface area (Å²) in [6.45, 7) is 6.79. The number of methoxy groups -OCH3 is 1. The predicted octanol–water partition coefficient (Wildman–Crippen LogP) is 6.47. The van der Waals surface area contributed by atoms with Crippen LogP contribution in [-0.4, -0.2) is 44.8 Å². The molecule has 0 saturated heterocycles. The number of nitriles is 1. The number of halogens is 4. The van der Waals surface area contributed by atoms with Gasteiger partial charge >= 0.3 is 6.18 Å². The van der Waals surface area contributed by atoms with Gasteiger partial charge in [0.2, 0.25) is 5.88 Å². The monoisotopic (exact) mass is 584 g/mol. The summed E-state index contributed by atoms with van der Waals surface area (Å²) < 4.78 is 47.5. The van der Waals surface area contributed by atoms with Gasteiger partial charge in [-0.25, -0.2) is 9.67 Å². The summed E-state index contributed by atoms with van der Waals surface area (Å²) in [7, 11) is 1.49. The highest BCUT2D eigenvalue weighted by molar-refractivity contribution is 6.35. The van der Waals surface area contributed by atoms with Crippen molar-refractivity contribution in [3.8, 4) is 11.9 Å². The second kappa shape index (κ2) is 10.4. The number of ether oxygens (including phenoxy) is 1. The van der Waals surface area contributed by atoms with E-state index in [0.29, 0.717) is 50.9 Å². The Kier molecular flexibility index (Phi) is 7.19. The SMILES string of the molecule is COc1ccc(C(Nc2cc(Cl)c3ncc(C#N)c(NCC(C)(C)C)c3c2)c2cn(C3(C(F)(F)F)CC3)nn2)cn1. The van der Waals surface area contributed by atoms with Gasteiger partial charge in [-0.2, -0.15) is 18.4 Å². The van der Waals surface area contributed by atoms with Crippen molar-refractivity contribution in [2.45, 2.75) is 51.4 Å². The highest BCUT2D eigenvalue weighted by Crippen LogP contribution is 2.55. The first-order valence-electron chi connectivity index (χ1n) is 12.9. The first kappa shape index (κ1) is 28.4. The minimum atomic E-state index is -4.45. The smallest absolute Gasteiger partial charge is 0.413 e. The Morgan fingerprint density at radius 1 is 1.17 bits per heavy atom. The zero-order valence-corrected chi connectivity index (χ0v) is 23.6. The first-order valence-corrected chi connectivity index (χ1v) is 13.3. The van der Waals surface area contributed by atoms with E-state index in [4.69, 9.17) is 16.3 Å². The number of hydrogen-bond donors (Lipinski definition) is 2. The van der Waals surface area contributed by atoms with Gasteiger partial charge in [0.25, 0.3) is 0 Å². The van der Waals surface area contributed by atoms with E-state index in [2.05, 4.69) is 57.8 Å². The summed E-state index contributed by atoms with van der Waals surface area (Å²) in [5.41, 5.74) is 0.742. The molecule has 1 aromatic carbocycles. The van der Waals surface area contributed by atoms with E-state index < -0.39 is 17.8 Å². The van der Waals surface area contributed by atoms with E-state index in [1.807, 2.05) is 0 Å². The topological polar surface area (TPSA) is 114 Å². The molecule has 0 bridgehead atoms. The van der Waals surface area contributed by atoms with Crippen molar-refractivity contribution in [3.63, 3.8) is 0 Å². The molecule has 3 aromatic heterocycles. The van der Waals surface area contributed by atoms with Crippen LogP contribution in [0.3, 0.4) is 0 Å². The number of nitrogens with one attached hydrogen (secondary N) is 2. The number of alkyl halides is 3. The molecular formula is C28H28ClF3N8O. The molecule has 0 aliphatic heterocycles. The van der Waals surface area contributed by atoms with Crippen LogP contribution in [0.15, 0.2) is 42.9 Å². The van der Waals surface area contributed by atoms with Crippen LogP contribution in [0.2, 0.25) is 5.02 Å². The number of nitrogens with zero attached hydrogens (tertiary/aromatic N) is 6. The van der Waals surface area contributed by atoms with Gasteiger partial charge in [-0.3, -0.25) is 4.98 Å². The zero-order valence-electron chi connectivity index (χ0n) is 22.8. The lowest BCUT2D eigenvalue weighted by atomic mass is 9.96. The fourth-order valence-corrected chi connectivity index (χ4v) is 4.80. The van der Waals surface area contributed by atoms with Crippen molar-refractivity contribution in [1.82, 2.24) is 25.0 Å². The Balaban J connectivity index is 1.58. The van der Waals surface area contributed by atoms with Crippen LogP contribution in [0.5, 0.6) is 5.88 Å². The van der Waals surface area contributed by atoms with Crippen molar-refractivity contribution < 1.29 is 17.9 Å². The molecule has 4 aromatic rings. The molecule has 2 N–H and O–H groups in total.